The molecule has 102 valence electrons. The van der Waals surface area contributed by atoms with Crippen LogP contribution in [0, 0.1) is 0 Å². The molecule has 0 saturated heterocycles. The summed E-state index contributed by atoms with van der Waals surface area (Å²) in [6.45, 7) is 8.97. The van der Waals surface area contributed by atoms with Gasteiger partial charge in [-0.05, 0) is 27.2 Å². The molecule has 1 aromatic rings. The quantitative estimate of drug-likeness (QED) is 0.610. The van der Waals surface area contributed by atoms with Crippen molar-refractivity contribution in [2.24, 2.45) is 0 Å². The maximum Gasteiger partial charge on any atom is 0.317 e. The van der Waals surface area contributed by atoms with Crippen molar-refractivity contribution in [3.05, 3.63) is 11.1 Å². The Morgan fingerprint density at radius 3 is 2.83 bits per heavy atom. The first-order chi connectivity index (χ1) is 8.52. The molecule has 0 aliphatic rings. The molecule has 0 bridgehead atoms. The van der Waals surface area contributed by atoms with E-state index in [1.54, 1.807) is 0 Å². The van der Waals surface area contributed by atoms with Gasteiger partial charge in [0.25, 0.3) is 0 Å². The Hall–Kier alpha value is -1.10. The van der Waals surface area contributed by atoms with Crippen LogP contribution in [0.4, 0.5) is 5.13 Å². The maximum atomic E-state index is 11.9. The van der Waals surface area contributed by atoms with Crippen molar-refractivity contribution in [3.63, 3.8) is 0 Å². The molecule has 18 heavy (non-hydrogen) atoms. The van der Waals surface area contributed by atoms with E-state index in [0.717, 1.165) is 30.2 Å². The zero-order valence-corrected chi connectivity index (χ0v) is 12.4. The lowest BCUT2D eigenvalue weighted by Gasteiger charge is -2.19. The number of esters is 1. The average Bonchev–Trinajstić information content (AvgIpc) is 2.79. The van der Waals surface area contributed by atoms with E-state index in [-0.39, 0.29) is 5.97 Å². The number of carbonyl (C=O) groups is 1. The van der Waals surface area contributed by atoms with E-state index in [1.807, 2.05) is 26.2 Å². The highest BCUT2D eigenvalue weighted by molar-refractivity contribution is 7.13. The molecule has 5 heteroatoms. The summed E-state index contributed by atoms with van der Waals surface area (Å²) in [5.41, 5.74) is 0.0851. The van der Waals surface area contributed by atoms with Gasteiger partial charge in [0.05, 0.1) is 12.3 Å². The minimum absolute atomic E-state index is 0.226. The van der Waals surface area contributed by atoms with Gasteiger partial charge in [-0.1, -0.05) is 13.3 Å². The predicted octanol–water partition coefficient (Wildman–Crippen LogP) is 3.20. The molecular weight excluding hydrogens is 248 g/mol. The van der Waals surface area contributed by atoms with E-state index in [2.05, 4.69) is 17.2 Å². The monoisotopic (exact) mass is 270 g/mol. The van der Waals surface area contributed by atoms with Crippen molar-refractivity contribution in [3.8, 4) is 0 Å². The van der Waals surface area contributed by atoms with E-state index in [1.165, 1.54) is 11.3 Å². The second kappa shape index (κ2) is 6.73. The summed E-state index contributed by atoms with van der Waals surface area (Å²) in [6, 6.07) is 0. The van der Waals surface area contributed by atoms with Crippen molar-refractivity contribution in [2.75, 3.05) is 18.5 Å². The highest BCUT2D eigenvalue weighted by Crippen LogP contribution is 2.28. The minimum Gasteiger partial charge on any atom is -0.465 e. The lowest BCUT2D eigenvalue weighted by molar-refractivity contribution is -0.148. The summed E-state index contributed by atoms with van der Waals surface area (Å²) in [6.07, 6.45) is 2.27. The third kappa shape index (κ3) is 3.70. The summed E-state index contributed by atoms with van der Waals surface area (Å²) in [5, 5.41) is 6.06. The molecule has 4 nitrogen and oxygen atoms in total. The number of anilines is 1. The number of rotatable bonds is 7. The van der Waals surface area contributed by atoms with Gasteiger partial charge in [-0.3, -0.25) is 4.79 Å². The zero-order chi connectivity index (χ0) is 13.6. The molecule has 0 aliphatic heterocycles. The van der Waals surface area contributed by atoms with E-state index >= 15 is 0 Å². The molecule has 0 amide bonds. The van der Waals surface area contributed by atoms with Crippen LogP contribution in [0.1, 0.15) is 46.2 Å². The summed E-state index contributed by atoms with van der Waals surface area (Å²) < 4.78 is 5.07. The fourth-order valence-electron chi connectivity index (χ4n) is 1.43. The van der Waals surface area contributed by atoms with Gasteiger partial charge in [-0.15, -0.1) is 11.3 Å². The van der Waals surface area contributed by atoms with Gasteiger partial charge in [-0.25, -0.2) is 4.98 Å². The first-order valence-electron chi connectivity index (χ1n) is 6.39. The Kier molecular flexibility index (Phi) is 5.59. The summed E-state index contributed by atoms with van der Waals surface area (Å²) >= 11 is 1.53. The summed E-state index contributed by atoms with van der Waals surface area (Å²) in [4.78, 5) is 16.3. The normalized spacial score (nSPS) is 11.3. The summed E-state index contributed by atoms with van der Waals surface area (Å²) in [5.74, 6) is -0.226. The van der Waals surface area contributed by atoms with Gasteiger partial charge in [0.15, 0.2) is 5.13 Å². The Morgan fingerprint density at radius 1 is 1.50 bits per heavy atom. The number of hydrogen-bond acceptors (Lipinski definition) is 5. The van der Waals surface area contributed by atoms with Crippen LogP contribution in [-0.4, -0.2) is 24.1 Å². The molecule has 0 aromatic carbocycles. The van der Waals surface area contributed by atoms with Gasteiger partial charge >= 0.3 is 5.97 Å². The molecule has 0 fully saturated rings. The Morgan fingerprint density at radius 2 is 2.22 bits per heavy atom. The van der Waals surface area contributed by atoms with Crippen LogP contribution in [0.15, 0.2) is 5.38 Å². The lowest BCUT2D eigenvalue weighted by atomic mass is 9.90. The first-order valence-corrected chi connectivity index (χ1v) is 7.27. The number of nitrogens with one attached hydrogen (secondary N) is 1. The van der Waals surface area contributed by atoms with Crippen LogP contribution in [-0.2, 0) is 14.9 Å². The van der Waals surface area contributed by atoms with E-state index in [0.29, 0.717) is 6.61 Å². The molecule has 1 aromatic heterocycles. The van der Waals surface area contributed by atoms with Crippen molar-refractivity contribution < 1.29 is 9.53 Å². The van der Waals surface area contributed by atoms with Gasteiger partial charge in [0.1, 0.15) is 5.41 Å². The van der Waals surface area contributed by atoms with Crippen LogP contribution in [0.3, 0.4) is 0 Å². The fraction of sp³-hybridized carbons (Fsp3) is 0.692. The molecule has 0 saturated carbocycles. The molecular formula is C13H22N2O2S. The zero-order valence-electron chi connectivity index (χ0n) is 11.6. The largest absolute Gasteiger partial charge is 0.465 e. The highest BCUT2D eigenvalue weighted by Gasteiger charge is 2.33. The number of nitrogens with zero attached hydrogens (tertiary/aromatic N) is 1. The van der Waals surface area contributed by atoms with Crippen LogP contribution in [0.5, 0.6) is 0 Å². The molecule has 1 N–H and O–H groups in total. The van der Waals surface area contributed by atoms with Crippen LogP contribution in [0.2, 0.25) is 0 Å². The second-order valence-corrected chi connectivity index (χ2v) is 5.52. The third-order valence-corrected chi connectivity index (χ3v) is 3.54. The first kappa shape index (κ1) is 15.0. The summed E-state index contributed by atoms with van der Waals surface area (Å²) in [7, 11) is 0. The van der Waals surface area contributed by atoms with Crippen molar-refractivity contribution in [1.29, 1.82) is 0 Å². The van der Waals surface area contributed by atoms with E-state index in [9.17, 15) is 4.79 Å². The van der Waals surface area contributed by atoms with E-state index in [4.69, 9.17) is 4.74 Å². The maximum absolute atomic E-state index is 11.9. The smallest absolute Gasteiger partial charge is 0.317 e. The average molecular weight is 270 g/mol. The Bertz CT molecular complexity index is 388. The Labute approximate surface area is 113 Å². The number of unbranched alkanes of at least 4 members (excludes halogenated alkanes) is 1. The molecule has 0 radical (unpaired) electrons. The molecule has 0 unspecified atom stereocenters. The topological polar surface area (TPSA) is 51.2 Å². The van der Waals surface area contributed by atoms with Gasteiger partial charge < -0.3 is 10.1 Å². The minimum atomic E-state index is -0.683. The molecule has 0 spiro atoms. The fourth-order valence-corrected chi connectivity index (χ4v) is 2.34. The molecule has 0 aliphatic carbocycles. The standard InChI is InChI=1S/C13H22N2O2S/c1-5-7-8-14-12-15-10(9-18-12)13(3,4)11(16)17-6-2/h9H,5-8H2,1-4H3,(H,14,15). The van der Waals surface area contributed by atoms with E-state index < -0.39 is 5.41 Å². The van der Waals surface area contributed by atoms with Crippen LogP contribution in [0.25, 0.3) is 0 Å². The molecule has 1 heterocycles. The Balaban J connectivity index is 2.68. The number of ether oxygens (including phenoxy) is 1. The molecule has 1 rings (SSSR count). The number of thiazole rings is 1. The second-order valence-electron chi connectivity index (χ2n) is 4.66. The van der Waals surface area contributed by atoms with Crippen molar-refractivity contribution in [2.45, 2.75) is 46.0 Å². The lowest BCUT2D eigenvalue weighted by Crippen LogP contribution is -2.31. The van der Waals surface area contributed by atoms with Crippen LogP contribution >= 0.6 is 11.3 Å². The van der Waals surface area contributed by atoms with Gasteiger partial charge in [0.2, 0.25) is 0 Å². The molecule has 0 atom stereocenters. The SMILES string of the molecule is CCCCNc1nc(C(C)(C)C(=O)OCC)cs1. The number of carbonyl (C=O) groups excluding carboxylic acids is 1. The highest BCUT2D eigenvalue weighted by atomic mass is 32.1. The van der Waals surface area contributed by atoms with Gasteiger partial charge in [0, 0.05) is 11.9 Å². The van der Waals surface area contributed by atoms with Crippen molar-refractivity contribution >= 4 is 22.4 Å². The van der Waals surface area contributed by atoms with Gasteiger partial charge in [-0.2, -0.15) is 0 Å². The third-order valence-electron chi connectivity index (χ3n) is 2.74. The van der Waals surface area contributed by atoms with Crippen LogP contribution < -0.4 is 5.32 Å². The van der Waals surface area contributed by atoms with Crippen molar-refractivity contribution in [1.82, 2.24) is 4.98 Å². The number of aromatic nitrogens is 1. The predicted molar refractivity (Wildman–Crippen MR) is 75.2 cm³/mol. The number of hydrogen-bond donors (Lipinski definition) is 1.